The first-order chi connectivity index (χ1) is 8.63. The molecule has 1 N–H and O–H groups in total. The van der Waals surface area contributed by atoms with Crippen LogP contribution in [0.15, 0.2) is 6.07 Å². The first-order valence-corrected chi connectivity index (χ1v) is 7.41. The van der Waals surface area contributed by atoms with Gasteiger partial charge in [0.05, 0.1) is 11.7 Å². The Morgan fingerprint density at radius 1 is 1.22 bits per heavy atom. The van der Waals surface area contributed by atoms with Crippen molar-refractivity contribution in [2.45, 2.75) is 59.9 Å². The highest BCUT2D eigenvalue weighted by atomic mass is 15.3. The largest absolute Gasteiger partial charge is 0.316 e. The second-order valence-corrected chi connectivity index (χ2v) is 5.20. The van der Waals surface area contributed by atoms with Gasteiger partial charge in [-0.25, -0.2) is 0 Å². The Bertz CT molecular complexity index is 344. The fraction of sp³-hybridized carbons (Fsp3) is 0.800. The van der Waals surface area contributed by atoms with Crippen LogP contribution in [0, 0.1) is 5.92 Å². The third-order valence-electron chi connectivity index (χ3n) is 3.69. The maximum absolute atomic E-state index is 4.74. The maximum atomic E-state index is 4.74. The van der Waals surface area contributed by atoms with Gasteiger partial charge in [-0.2, -0.15) is 5.10 Å². The summed E-state index contributed by atoms with van der Waals surface area (Å²) in [4.78, 5) is 0. The van der Waals surface area contributed by atoms with Crippen LogP contribution in [0.5, 0.6) is 0 Å². The van der Waals surface area contributed by atoms with Crippen LogP contribution in [0.4, 0.5) is 0 Å². The van der Waals surface area contributed by atoms with E-state index in [0.717, 1.165) is 25.9 Å². The number of hydrogen-bond acceptors (Lipinski definition) is 2. The molecule has 3 heteroatoms. The zero-order valence-corrected chi connectivity index (χ0v) is 12.7. The van der Waals surface area contributed by atoms with E-state index in [0.29, 0.717) is 12.0 Å². The van der Waals surface area contributed by atoms with E-state index < -0.39 is 0 Å². The Morgan fingerprint density at radius 2 is 1.94 bits per heavy atom. The predicted molar refractivity (Wildman–Crippen MR) is 78.0 cm³/mol. The molecule has 0 spiro atoms. The number of nitrogens with one attached hydrogen (secondary N) is 1. The van der Waals surface area contributed by atoms with Crippen LogP contribution < -0.4 is 5.32 Å². The minimum absolute atomic E-state index is 0.463. The summed E-state index contributed by atoms with van der Waals surface area (Å²) in [6.07, 6.45) is 3.28. The standard InChI is InChI=1S/C15H29N3/c1-6-9-16-11-12(4)13(5)18-15(8-3)10-14(7-2)17-18/h10,12-13,16H,6-9,11H2,1-5H3. The van der Waals surface area contributed by atoms with E-state index in [1.807, 2.05) is 0 Å². The second kappa shape index (κ2) is 7.57. The number of aryl methyl sites for hydroxylation is 2. The average Bonchev–Trinajstić information content (AvgIpc) is 2.81. The lowest BCUT2D eigenvalue weighted by molar-refractivity contribution is 0.329. The summed E-state index contributed by atoms with van der Waals surface area (Å²) < 4.78 is 2.23. The molecule has 2 atom stereocenters. The highest BCUT2D eigenvalue weighted by molar-refractivity contribution is 5.11. The fourth-order valence-corrected chi connectivity index (χ4v) is 2.20. The normalized spacial score (nSPS) is 14.7. The van der Waals surface area contributed by atoms with Gasteiger partial charge >= 0.3 is 0 Å². The van der Waals surface area contributed by atoms with Crippen molar-refractivity contribution in [1.82, 2.24) is 15.1 Å². The molecule has 18 heavy (non-hydrogen) atoms. The maximum Gasteiger partial charge on any atom is 0.0624 e. The van der Waals surface area contributed by atoms with Gasteiger partial charge in [0.1, 0.15) is 0 Å². The van der Waals surface area contributed by atoms with Crippen molar-refractivity contribution in [2.75, 3.05) is 13.1 Å². The van der Waals surface area contributed by atoms with Crippen molar-refractivity contribution in [1.29, 1.82) is 0 Å². The van der Waals surface area contributed by atoms with E-state index in [9.17, 15) is 0 Å². The molecular formula is C15H29N3. The van der Waals surface area contributed by atoms with Crippen molar-refractivity contribution in [3.63, 3.8) is 0 Å². The molecule has 0 bridgehead atoms. The van der Waals surface area contributed by atoms with Crippen LogP contribution in [-0.4, -0.2) is 22.9 Å². The Kier molecular flexibility index (Phi) is 6.41. The SMILES string of the molecule is CCCNCC(C)C(C)n1nc(CC)cc1CC. The van der Waals surface area contributed by atoms with E-state index in [1.165, 1.54) is 17.8 Å². The summed E-state index contributed by atoms with van der Waals surface area (Å²) in [5.41, 5.74) is 2.58. The molecule has 1 heterocycles. The first-order valence-electron chi connectivity index (χ1n) is 7.41. The zero-order chi connectivity index (χ0) is 13.5. The predicted octanol–water partition coefficient (Wildman–Crippen LogP) is 3.20. The number of rotatable bonds is 8. The summed E-state index contributed by atoms with van der Waals surface area (Å²) in [6, 6.07) is 2.72. The van der Waals surface area contributed by atoms with E-state index in [2.05, 4.69) is 50.7 Å². The number of aromatic nitrogens is 2. The highest BCUT2D eigenvalue weighted by Crippen LogP contribution is 2.20. The summed E-state index contributed by atoms with van der Waals surface area (Å²) >= 11 is 0. The van der Waals surface area contributed by atoms with Crippen LogP contribution in [0.1, 0.15) is 58.5 Å². The molecule has 1 aromatic heterocycles. The molecule has 104 valence electrons. The van der Waals surface area contributed by atoms with Gasteiger partial charge in [-0.05, 0) is 51.3 Å². The van der Waals surface area contributed by atoms with Crippen LogP contribution in [0.2, 0.25) is 0 Å². The number of nitrogens with zero attached hydrogens (tertiary/aromatic N) is 2. The molecule has 0 aliphatic rings. The van der Waals surface area contributed by atoms with Gasteiger partial charge in [-0.1, -0.05) is 27.7 Å². The van der Waals surface area contributed by atoms with Crippen LogP contribution >= 0.6 is 0 Å². The molecule has 0 amide bonds. The molecular weight excluding hydrogens is 222 g/mol. The number of hydrogen-bond donors (Lipinski definition) is 1. The Hall–Kier alpha value is -0.830. The van der Waals surface area contributed by atoms with Crippen molar-refractivity contribution in [3.8, 4) is 0 Å². The summed E-state index contributed by atoms with van der Waals surface area (Å²) in [5, 5.41) is 8.24. The van der Waals surface area contributed by atoms with Gasteiger partial charge in [-0.15, -0.1) is 0 Å². The van der Waals surface area contributed by atoms with Crippen molar-refractivity contribution >= 4 is 0 Å². The summed E-state index contributed by atoms with van der Waals surface area (Å²) in [7, 11) is 0. The smallest absolute Gasteiger partial charge is 0.0624 e. The Morgan fingerprint density at radius 3 is 2.50 bits per heavy atom. The molecule has 0 aliphatic heterocycles. The van der Waals surface area contributed by atoms with Gasteiger partial charge in [0.15, 0.2) is 0 Å². The van der Waals surface area contributed by atoms with E-state index >= 15 is 0 Å². The molecule has 0 aromatic carbocycles. The third-order valence-corrected chi connectivity index (χ3v) is 3.69. The van der Waals surface area contributed by atoms with E-state index in [1.54, 1.807) is 0 Å². The lowest BCUT2D eigenvalue weighted by atomic mass is 10.0. The minimum Gasteiger partial charge on any atom is -0.316 e. The topological polar surface area (TPSA) is 29.9 Å². The Balaban J connectivity index is 2.69. The summed E-state index contributed by atoms with van der Waals surface area (Å²) in [5.74, 6) is 0.603. The van der Waals surface area contributed by atoms with Gasteiger partial charge < -0.3 is 5.32 Å². The highest BCUT2D eigenvalue weighted by Gasteiger charge is 2.17. The van der Waals surface area contributed by atoms with Crippen molar-refractivity contribution in [3.05, 3.63) is 17.5 Å². The third kappa shape index (κ3) is 3.84. The molecule has 0 saturated carbocycles. The molecule has 0 fully saturated rings. The molecule has 0 aliphatic carbocycles. The van der Waals surface area contributed by atoms with Crippen molar-refractivity contribution < 1.29 is 0 Å². The van der Waals surface area contributed by atoms with Gasteiger partial charge in [0, 0.05) is 5.69 Å². The summed E-state index contributed by atoms with van der Waals surface area (Å²) in [6.45, 7) is 13.3. The Labute approximate surface area is 112 Å². The van der Waals surface area contributed by atoms with Crippen LogP contribution in [0.3, 0.4) is 0 Å². The molecule has 0 radical (unpaired) electrons. The molecule has 3 nitrogen and oxygen atoms in total. The fourth-order valence-electron chi connectivity index (χ4n) is 2.20. The quantitative estimate of drug-likeness (QED) is 0.719. The molecule has 2 unspecified atom stereocenters. The molecule has 1 aromatic rings. The van der Waals surface area contributed by atoms with E-state index in [4.69, 9.17) is 5.10 Å². The lowest BCUT2D eigenvalue weighted by Gasteiger charge is -2.22. The van der Waals surface area contributed by atoms with Gasteiger partial charge in [0.25, 0.3) is 0 Å². The van der Waals surface area contributed by atoms with Crippen LogP contribution in [0.25, 0.3) is 0 Å². The van der Waals surface area contributed by atoms with Crippen molar-refractivity contribution in [2.24, 2.45) is 5.92 Å². The van der Waals surface area contributed by atoms with E-state index in [-0.39, 0.29) is 0 Å². The average molecular weight is 251 g/mol. The molecule has 1 rings (SSSR count). The van der Waals surface area contributed by atoms with Gasteiger partial charge in [0.2, 0.25) is 0 Å². The zero-order valence-electron chi connectivity index (χ0n) is 12.7. The minimum atomic E-state index is 0.463. The van der Waals surface area contributed by atoms with Crippen LogP contribution in [-0.2, 0) is 12.8 Å². The first kappa shape index (κ1) is 15.2. The van der Waals surface area contributed by atoms with Gasteiger partial charge in [-0.3, -0.25) is 4.68 Å². The molecule has 0 saturated heterocycles. The second-order valence-electron chi connectivity index (χ2n) is 5.20. The monoisotopic (exact) mass is 251 g/mol. The lowest BCUT2D eigenvalue weighted by Crippen LogP contribution is -2.28.